The number of nitrogens with zero attached hydrogens (tertiary/aromatic N) is 3. The van der Waals surface area contributed by atoms with Crippen LogP contribution in [0.5, 0.6) is 0 Å². The van der Waals surface area contributed by atoms with Gasteiger partial charge in [0.2, 0.25) is 5.91 Å². The summed E-state index contributed by atoms with van der Waals surface area (Å²) in [4.78, 5) is 34.3. The van der Waals surface area contributed by atoms with Gasteiger partial charge in [0.25, 0.3) is 0 Å². The van der Waals surface area contributed by atoms with Crippen LogP contribution in [-0.4, -0.2) is 46.5 Å². The van der Waals surface area contributed by atoms with Crippen molar-refractivity contribution in [2.45, 2.75) is 39.2 Å². The first-order chi connectivity index (χ1) is 14.1. The third kappa shape index (κ3) is 3.83. The molecule has 0 spiro atoms. The van der Waals surface area contributed by atoms with Crippen LogP contribution in [0, 0.1) is 0 Å². The number of likely N-dealkylation sites (tertiary alicyclic amines) is 1. The number of hydrogen-bond donors (Lipinski definition) is 0. The van der Waals surface area contributed by atoms with Gasteiger partial charge >= 0.3 is 5.97 Å². The van der Waals surface area contributed by atoms with Crippen molar-refractivity contribution >= 4 is 28.8 Å². The Bertz CT molecular complexity index is 901. The van der Waals surface area contributed by atoms with Gasteiger partial charge < -0.3 is 14.5 Å². The smallest absolute Gasteiger partial charge is 0.338 e. The second kappa shape index (κ2) is 8.45. The molecule has 0 radical (unpaired) electrons. The second-order valence-electron chi connectivity index (χ2n) is 7.29. The van der Waals surface area contributed by atoms with Gasteiger partial charge in [0.15, 0.2) is 5.17 Å². The lowest BCUT2D eigenvalue weighted by molar-refractivity contribution is -0.139. The molecule has 1 amide bonds. The van der Waals surface area contributed by atoms with E-state index in [0.717, 1.165) is 42.4 Å². The normalized spacial score (nSPS) is 21.1. The quantitative estimate of drug-likeness (QED) is 0.689. The minimum Gasteiger partial charge on any atom is -0.463 e. The van der Waals surface area contributed by atoms with Crippen molar-refractivity contribution in [1.29, 1.82) is 0 Å². The van der Waals surface area contributed by atoms with Crippen LogP contribution >= 0.6 is 11.8 Å². The Morgan fingerprint density at radius 3 is 2.62 bits per heavy atom. The van der Waals surface area contributed by atoms with Crippen LogP contribution in [-0.2, 0) is 14.3 Å². The molecule has 1 atom stereocenters. The van der Waals surface area contributed by atoms with Crippen LogP contribution in [0.1, 0.15) is 44.7 Å². The predicted molar refractivity (Wildman–Crippen MR) is 114 cm³/mol. The number of aliphatic imine (C=N–C) groups is 1. The van der Waals surface area contributed by atoms with Gasteiger partial charge in [-0.05, 0) is 37.7 Å². The van der Waals surface area contributed by atoms with E-state index in [2.05, 4.69) is 4.99 Å². The van der Waals surface area contributed by atoms with Crippen LogP contribution in [0.15, 0.2) is 57.7 Å². The number of esters is 1. The molecule has 1 saturated heterocycles. The standard InChI is InChI=1S/C22H25N3O3S/c1-3-28-21(27)19-15(2)23-22-25(20(19)16-9-5-4-6-10-16)17(14-29-22)13-18(26)24-11-7-8-12-24/h4-6,9-10,14,20H,3,7-8,11-13H2,1-2H3/t20-/m0/s1. The maximum absolute atomic E-state index is 12.8. The lowest BCUT2D eigenvalue weighted by Crippen LogP contribution is -2.38. The van der Waals surface area contributed by atoms with E-state index in [1.54, 1.807) is 6.92 Å². The van der Waals surface area contributed by atoms with Crippen LogP contribution in [0.4, 0.5) is 0 Å². The Morgan fingerprint density at radius 2 is 1.93 bits per heavy atom. The van der Waals surface area contributed by atoms with E-state index in [1.807, 2.05) is 52.5 Å². The molecule has 1 fully saturated rings. The molecule has 1 aromatic carbocycles. The molecule has 6 nitrogen and oxygen atoms in total. The van der Waals surface area contributed by atoms with E-state index in [1.165, 1.54) is 11.8 Å². The minimum atomic E-state index is -0.358. The Kier molecular flexibility index (Phi) is 5.76. The summed E-state index contributed by atoms with van der Waals surface area (Å²) in [5.41, 5.74) is 3.05. The first-order valence-corrected chi connectivity index (χ1v) is 10.9. The SMILES string of the molecule is CCOC(=O)C1=C(C)N=C2SC=C(CC(=O)N3CCCC3)N2[C@H]1c1ccccc1. The van der Waals surface area contributed by atoms with Gasteiger partial charge in [-0.2, -0.15) is 0 Å². The molecule has 0 aromatic heterocycles. The lowest BCUT2D eigenvalue weighted by Gasteiger charge is -2.36. The first-order valence-electron chi connectivity index (χ1n) is 10.0. The minimum absolute atomic E-state index is 0.131. The van der Waals surface area contributed by atoms with Crippen LogP contribution in [0.25, 0.3) is 0 Å². The maximum atomic E-state index is 12.8. The lowest BCUT2D eigenvalue weighted by atomic mass is 9.94. The number of hydrogen-bond acceptors (Lipinski definition) is 6. The van der Waals surface area contributed by atoms with Gasteiger partial charge in [0.05, 0.1) is 30.3 Å². The number of carbonyl (C=O) groups excluding carboxylic acids is 2. The molecule has 0 N–H and O–H groups in total. The van der Waals surface area contributed by atoms with Crippen molar-refractivity contribution in [3.8, 4) is 0 Å². The van der Waals surface area contributed by atoms with Gasteiger partial charge in [-0.1, -0.05) is 42.1 Å². The Labute approximate surface area is 175 Å². The fourth-order valence-corrected chi connectivity index (χ4v) is 4.99. The van der Waals surface area contributed by atoms with E-state index < -0.39 is 0 Å². The van der Waals surface area contributed by atoms with Crippen molar-refractivity contribution in [2.75, 3.05) is 19.7 Å². The fraction of sp³-hybridized carbons (Fsp3) is 0.409. The molecule has 3 heterocycles. The third-order valence-corrected chi connectivity index (χ3v) is 6.29. The number of benzene rings is 1. The summed E-state index contributed by atoms with van der Waals surface area (Å²) in [6, 6.07) is 9.53. The molecule has 0 aliphatic carbocycles. The summed E-state index contributed by atoms with van der Waals surface area (Å²) in [5, 5.41) is 2.79. The molecule has 7 heteroatoms. The summed E-state index contributed by atoms with van der Waals surface area (Å²) in [7, 11) is 0. The molecule has 3 aliphatic rings. The van der Waals surface area contributed by atoms with E-state index in [0.29, 0.717) is 24.3 Å². The fourth-order valence-electron chi connectivity index (χ4n) is 4.02. The summed E-state index contributed by atoms with van der Waals surface area (Å²) in [6.07, 6.45) is 2.44. The number of ether oxygens (including phenoxy) is 1. The molecule has 1 aromatic rings. The highest BCUT2D eigenvalue weighted by Gasteiger charge is 2.41. The number of amidine groups is 1. The van der Waals surface area contributed by atoms with Crippen molar-refractivity contribution in [2.24, 2.45) is 4.99 Å². The summed E-state index contributed by atoms with van der Waals surface area (Å²) >= 11 is 1.51. The van der Waals surface area contributed by atoms with Crippen molar-refractivity contribution in [1.82, 2.24) is 9.80 Å². The highest BCUT2D eigenvalue weighted by atomic mass is 32.2. The number of rotatable bonds is 5. The van der Waals surface area contributed by atoms with Crippen molar-refractivity contribution in [3.05, 3.63) is 58.3 Å². The van der Waals surface area contributed by atoms with Crippen LogP contribution < -0.4 is 0 Å². The van der Waals surface area contributed by atoms with Crippen molar-refractivity contribution < 1.29 is 14.3 Å². The van der Waals surface area contributed by atoms with Gasteiger partial charge in [-0.25, -0.2) is 9.79 Å². The number of allylic oxidation sites excluding steroid dienone is 1. The number of fused-ring (bicyclic) bond motifs is 1. The average Bonchev–Trinajstić information content (AvgIpc) is 3.38. The summed E-state index contributed by atoms with van der Waals surface area (Å²) in [5.74, 6) is -0.227. The first kappa shape index (κ1) is 19.8. The zero-order valence-corrected chi connectivity index (χ0v) is 17.6. The summed E-state index contributed by atoms with van der Waals surface area (Å²) < 4.78 is 5.36. The van der Waals surface area contributed by atoms with Gasteiger partial charge in [0, 0.05) is 18.8 Å². The van der Waals surface area contributed by atoms with E-state index >= 15 is 0 Å². The Morgan fingerprint density at radius 1 is 1.21 bits per heavy atom. The maximum Gasteiger partial charge on any atom is 0.338 e. The van der Waals surface area contributed by atoms with Gasteiger partial charge in [-0.15, -0.1) is 0 Å². The highest BCUT2D eigenvalue weighted by Crippen LogP contribution is 2.44. The van der Waals surface area contributed by atoms with Gasteiger partial charge in [0.1, 0.15) is 0 Å². The van der Waals surface area contributed by atoms with E-state index in [9.17, 15) is 9.59 Å². The van der Waals surface area contributed by atoms with Crippen LogP contribution in [0.2, 0.25) is 0 Å². The zero-order chi connectivity index (χ0) is 20.4. The monoisotopic (exact) mass is 411 g/mol. The highest BCUT2D eigenvalue weighted by molar-refractivity contribution is 8.16. The van der Waals surface area contributed by atoms with E-state index in [4.69, 9.17) is 4.74 Å². The molecule has 0 unspecified atom stereocenters. The molecular formula is C22H25N3O3S. The Balaban J connectivity index is 1.70. The molecular weight excluding hydrogens is 386 g/mol. The molecule has 0 bridgehead atoms. The molecule has 4 rings (SSSR count). The van der Waals surface area contributed by atoms with Gasteiger partial charge in [-0.3, -0.25) is 4.79 Å². The molecule has 0 saturated carbocycles. The third-order valence-electron chi connectivity index (χ3n) is 5.40. The largest absolute Gasteiger partial charge is 0.463 e. The van der Waals surface area contributed by atoms with Crippen LogP contribution in [0.3, 0.4) is 0 Å². The topological polar surface area (TPSA) is 62.2 Å². The van der Waals surface area contributed by atoms with E-state index in [-0.39, 0.29) is 17.9 Å². The number of carbonyl (C=O) groups is 2. The molecule has 152 valence electrons. The number of amides is 1. The molecule has 3 aliphatic heterocycles. The second-order valence-corrected chi connectivity index (χ2v) is 8.13. The van der Waals surface area contributed by atoms with Crippen molar-refractivity contribution in [3.63, 3.8) is 0 Å². The predicted octanol–water partition coefficient (Wildman–Crippen LogP) is 3.84. The Hall–Kier alpha value is -2.54. The average molecular weight is 412 g/mol. The zero-order valence-electron chi connectivity index (χ0n) is 16.8. The molecule has 29 heavy (non-hydrogen) atoms. The summed E-state index contributed by atoms with van der Waals surface area (Å²) in [6.45, 7) is 5.61. The number of thioether (sulfide) groups is 1.